The summed E-state index contributed by atoms with van der Waals surface area (Å²) in [6.45, 7) is -0.554. The summed E-state index contributed by atoms with van der Waals surface area (Å²) in [4.78, 5) is 23.4. The lowest BCUT2D eigenvalue weighted by Gasteiger charge is -2.12. The summed E-state index contributed by atoms with van der Waals surface area (Å²) in [5.41, 5.74) is -1.11. The van der Waals surface area contributed by atoms with Gasteiger partial charge in [0.05, 0.1) is 22.2 Å². The quantitative estimate of drug-likeness (QED) is 0.835. The molecule has 4 nitrogen and oxygen atoms in total. The molecule has 0 atom stereocenters. The summed E-state index contributed by atoms with van der Waals surface area (Å²) in [5, 5.41) is 2.19. The Kier molecular flexibility index (Phi) is 5.51. The maximum Gasteiger partial charge on any atom is 0.416 e. The Bertz CT molecular complexity index is 598. The standard InChI is InChI=1S/C15H15ClF3NO3/c16-11-6-5-10(15(17,18)19)7-12(11)20-13(21)8-23-14(22)9-3-1-2-4-9/h5-7,9H,1-4,8H2,(H,20,21). The van der Waals surface area contributed by atoms with Gasteiger partial charge < -0.3 is 10.1 Å². The summed E-state index contributed by atoms with van der Waals surface area (Å²) >= 11 is 5.77. The van der Waals surface area contributed by atoms with E-state index in [1.807, 2.05) is 0 Å². The molecule has 0 bridgehead atoms. The summed E-state index contributed by atoms with van der Waals surface area (Å²) in [7, 11) is 0. The van der Waals surface area contributed by atoms with Crippen LogP contribution in [0.1, 0.15) is 31.2 Å². The third-order valence-electron chi connectivity index (χ3n) is 3.60. The lowest BCUT2D eigenvalue weighted by atomic mass is 10.1. The van der Waals surface area contributed by atoms with Crippen molar-refractivity contribution in [2.75, 3.05) is 11.9 Å². The van der Waals surface area contributed by atoms with Gasteiger partial charge in [0.15, 0.2) is 6.61 Å². The molecule has 126 valence electrons. The van der Waals surface area contributed by atoms with Gasteiger partial charge in [-0.05, 0) is 31.0 Å². The van der Waals surface area contributed by atoms with Crippen molar-refractivity contribution in [3.05, 3.63) is 28.8 Å². The number of alkyl halides is 3. The molecule has 0 unspecified atom stereocenters. The Balaban J connectivity index is 1.93. The Morgan fingerprint density at radius 3 is 2.52 bits per heavy atom. The van der Waals surface area contributed by atoms with Crippen molar-refractivity contribution in [2.45, 2.75) is 31.9 Å². The van der Waals surface area contributed by atoms with E-state index >= 15 is 0 Å². The predicted molar refractivity (Wildman–Crippen MR) is 78.0 cm³/mol. The van der Waals surface area contributed by atoms with Gasteiger partial charge in [0.2, 0.25) is 0 Å². The molecule has 1 aromatic carbocycles. The minimum absolute atomic E-state index is 0.0338. The van der Waals surface area contributed by atoms with Gasteiger partial charge >= 0.3 is 12.1 Å². The van der Waals surface area contributed by atoms with E-state index in [0.29, 0.717) is 0 Å². The van der Waals surface area contributed by atoms with Crippen LogP contribution in [0.25, 0.3) is 0 Å². The zero-order valence-corrected chi connectivity index (χ0v) is 12.8. The Hall–Kier alpha value is -1.76. The molecule has 0 spiro atoms. The van der Waals surface area contributed by atoms with E-state index in [-0.39, 0.29) is 16.6 Å². The van der Waals surface area contributed by atoms with Crippen molar-refractivity contribution in [3.8, 4) is 0 Å². The largest absolute Gasteiger partial charge is 0.455 e. The zero-order chi connectivity index (χ0) is 17.0. The summed E-state index contributed by atoms with van der Waals surface area (Å²) < 4.78 is 42.8. The van der Waals surface area contributed by atoms with Crippen LogP contribution in [0, 0.1) is 5.92 Å². The maximum absolute atomic E-state index is 12.6. The summed E-state index contributed by atoms with van der Waals surface area (Å²) in [5.74, 6) is -1.38. The topological polar surface area (TPSA) is 55.4 Å². The fourth-order valence-corrected chi connectivity index (χ4v) is 2.56. The van der Waals surface area contributed by atoms with Crippen LogP contribution in [-0.2, 0) is 20.5 Å². The molecule has 1 aliphatic carbocycles. The van der Waals surface area contributed by atoms with Crippen LogP contribution in [0.15, 0.2) is 18.2 Å². The summed E-state index contributed by atoms with van der Waals surface area (Å²) in [6, 6.07) is 2.60. The van der Waals surface area contributed by atoms with E-state index in [1.165, 1.54) is 0 Å². The van der Waals surface area contributed by atoms with Crippen molar-refractivity contribution in [2.24, 2.45) is 5.92 Å². The molecule has 1 fully saturated rings. The number of ether oxygens (including phenoxy) is 1. The first-order valence-electron chi connectivity index (χ1n) is 7.10. The molecule has 23 heavy (non-hydrogen) atoms. The van der Waals surface area contributed by atoms with Gasteiger partial charge in [-0.25, -0.2) is 0 Å². The van der Waals surface area contributed by atoms with E-state index in [0.717, 1.165) is 43.9 Å². The molecule has 0 aromatic heterocycles. The van der Waals surface area contributed by atoms with Crippen molar-refractivity contribution in [3.63, 3.8) is 0 Å². The monoisotopic (exact) mass is 349 g/mol. The van der Waals surface area contributed by atoms with Gasteiger partial charge in [-0.2, -0.15) is 13.2 Å². The van der Waals surface area contributed by atoms with Crippen LogP contribution in [0.5, 0.6) is 0 Å². The van der Waals surface area contributed by atoms with Crippen LogP contribution < -0.4 is 5.32 Å². The van der Waals surface area contributed by atoms with Gasteiger partial charge in [-0.1, -0.05) is 24.4 Å². The molecule has 0 radical (unpaired) electrons. The highest BCUT2D eigenvalue weighted by Crippen LogP contribution is 2.33. The first kappa shape index (κ1) is 17.6. The number of nitrogens with one attached hydrogen (secondary N) is 1. The molecule has 1 amide bonds. The van der Waals surface area contributed by atoms with Crippen LogP contribution in [0.3, 0.4) is 0 Å². The van der Waals surface area contributed by atoms with Gasteiger partial charge in [-0.15, -0.1) is 0 Å². The molecule has 0 heterocycles. The predicted octanol–water partition coefficient (Wildman–Crippen LogP) is 4.03. The Labute approximate surface area is 135 Å². The highest BCUT2D eigenvalue weighted by atomic mass is 35.5. The molecular formula is C15H15ClF3NO3. The van der Waals surface area contributed by atoms with Crippen LogP contribution >= 0.6 is 11.6 Å². The molecule has 2 rings (SSSR count). The first-order chi connectivity index (χ1) is 10.8. The summed E-state index contributed by atoms with van der Waals surface area (Å²) in [6.07, 6.45) is -1.17. The number of hydrogen-bond acceptors (Lipinski definition) is 3. The smallest absolute Gasteiger partial charge is 0.416 e. The molecule has 8 heteroatoms. The number of carbonyl (C=O) groups excluding carboxylic acids is 2. The Morgan fingerprint density at radius 2 is 1.91 bits per heavy atom. The van der Waals surface area contributed by atoms with E-state index < -0.39 is 30.2 Å². The molecule has 1 aliphatic rings. The van der Waals surface area contributed by atoms with Gasteiger partial charge in [0.1, 0.15) is 0 Å². The number of carbonyl (C=O) groups is 2. The lowest BCUT2D eigenvalue weighted by Crippen LogP contribution is -2.24. The van der Waals surface area contributed by atoms with Crippen LogP contribution in [-0.4, -0.2) is 18.5 Å². The normalized spacial score (nSPS) is 15.5. The second-order valence-electron chi connectivity index (χ2n) is 5.33. The average molecular weight is 350 g/mol. The van der Waals surface area contributed by atoms with Crippen molar-refractivity contribution in [1.82, 2.24) is 0 Å². The molecule has 1 saturated carbocycles. The van der Waals surface area contributed by atoms with Gasteiger partial charge in [0.25, 0.3) is 5.91 Å². The molecule has 1 aromatic rings. The number of anilines is 1. The fourth-order valence-electron chi connectivity index (χ4n) is 2.40. The third kappa shape index (κ3) is 4.86. The van der Waals surface area contributed by atoms with E-state index in [4.69, 9.17) is 16.3 Å². The van der Waals surface area contributed by atoms with Crippen molar-refractivity contribution >= 4 is 29.2 Å². The lowest BCUT2D eigenvalue weighted by molar-refractivity contribution is -0.151. The number of esters is 1. The highest BCUT2D eigenvalue weighted by Gasteiger charge is 2.31. The Morgan fingerprint density at radius 1 is 1.26 bits per heavy atom. The fraction of sp³-hybridized carbons (Fsp3) is 0.467. The SMILES string of the molecule is O=C(COC(=O)C1CCCC1)Nc1cc(C(F)(F)F)ccc1Cl. The molecule has 1 N–H and O–H groups in total. The first-order valence-corrected chi connectivity index (χ1v) is 7.48. The van der Waals surface area contributed by atoms with E-state index in [2.05, 4.69) is 5.32 Å². The third-order valence-corrected chi connectivity index (χ3v) is 3.93. The average Bonchev–Trinajstić information content (AvgIpc) is 3.00. The molecular weight excluding hydrogens is 335 g/mol. The number of hydrogen-bond donors (Lipinski definition) is 1. The van der Waals surface area contributed by atoms with Crippen LogP contribution in [0.4, 0.5) is 18.9 Å². The second-order valence-corrected chi connectivity index (χ2v) is 5.74. The molecule has 0 saturated heterocycles. The van der Waals surface area contributed by atoms with Gasteiger partial charge in [-0.3, -0.25) is 9.59 Å². The minimum Gasteiger partial charge on any atom is -0.455 e. The number of benzene rings is 1. The maximum atomic E-state index is 12.6. The zero-order valence-electron chi connectivity index (χ0n) is 12.1. The van der Waals surface area contributed by atoms with Crippen molar-refractivity contribution in [1.29, 1.82) is 0 Å². The molecule has 0 aliphatic heterocycles. The number of amides is 1. The number of halogens is 4. The van der Waals surface area contributed by atoms with E-state index in [9.17, 15) is 22.8 Å². The minimum atomic E-state index is -4.54. The van der Waals surface area contributed by atoms with E-state index in [1.54, 1.807) is 0 Å². The second kappa shape index (κ2) is 7.21. The number of rotatable bonds is 4. The highest BCUT2D eigenvalue weighted by molar-refractivity contribution is 6.33. The van der Waals surface area contributed by atoms with Crippen LogP contribution in [0.2, 0.25) is 5.02 Å². The van der Waals surface area contributed by atoms with Gasteiger partial charge in [0, 0.05) is 0 Å². The van der Waals surface area contributed by atoms with Crippen molar-refractivity contribution < 1.29 is 27.5 Å².